The van der Waals surface area contributed by atoms with Crippen LogP contribution in [-0.2, 0) is 9.47 Å². The van der Waals surface area contributed by atoms with E-state index in [-0.39, 0.29) is 12.2 Å². The van der Waals surface area contributed by atoms with Crippen molar-refractivity contribution in [1.82, 2.24) is 0 Å². The fraction of sp³-hybridized carbons (Fsp3) is 0.400. The van der Waals surface area contributed by atoms with Crippen LogP contribution in [0.5, 0.6) is 0 Å². The Bertz CT molecular complexity index is 396. The number of nitro benzene ring substituents is 1. The van der Waals surface area contributed by atoms with Crippen molar-refractivity contribution >= 4 is 23.0 Å². The predicted octanol–water partition coefficient (Wildman–Crippen LogP) is 2.28. The highest BCUT2D eigenvalue weighted by molar-refractivity contribution is 6.31. The molecule has 1 aromatic carbocycles. The van der Waals surface area contributed by atoms with Gasteiger partial charge in [-0.25, -0.2) is 0 Å². The van der Waals surface area contributed by atoms with Crippen LogP contribution >= 0.6 is 11.6 Å². The average Bonchev–Trinajstić information content (AvgIpc) is 2.30. The van der Waals surface area contributed by atoms with Crippen LogP contribution in [0.4, 0.5) is 11.4 Å². The van der Waals surface area contributed by atoms with Gasteiger partial charge in [-0.3, -0.25) is 10.1 Å². The van der Waals surface area contributed by atoms with Crippen LogP contribution < -0.4 is 5.32 Å². The normalized spacial score (nSPS) is 10.6. The van der Waals surface area contributed by atoms with Crippen molar-refractivity contribution < 1.29 is 14.4 Å². The van der Waals surface area contributed by atoms with E-state index in [4.69, 9.17) is 21.1 Å². The molecule has 94 valence electrons. The Morgan fingerprint density at radius 2 is 2.12 bits per heavy atom. The van der Waals surface area contributed by atoms with Crippen molar-refractivity contribution in [1.29, 1.82) is 0 Å². The molecule has 0 unspecified atom stereocenters. The van der Waals surface area contributed by atoms with Gasteiger partial charge in [-0.2, -0.15) is 0 Å². The molecule has 17 heavy (non-hydrogen) atoms. The molecule has 0 aromatic heterocycles. The summed E-state index contributed by atoms with van der Waals surface area (Å²) in [5.74, 6) is 0. The quantitative estimate of drug-likeness (QED) is 0.483. The van der Waals surface area contributed by atoms with Crippen molar-refractivity contribution in [2.24, 2.45) is 0 Å². The maximum Gasteiger partial charge on any atom is 0.292 e. The lowest BCUT2D eigenvalue weighted by molar-refractivity contribution is -0.384. The zero-order valence-electron chi connectivity index (χ0n) is 9.47. The van der Waals surface area contributed by atoms with Gasteiger partial charge in [0.1, 0.15) is 5.69 Å². The number of benzene rings is 1. The molecule has 1 aromatic rings. The van der Waals surface area contributed by atoms with Gasteiger partial charge in [0.05, 0.1) is 11.5 Å². The molecule has 6 nitrogen and oxygen atoms in total. The van der Waals surface area contributed by atoms with E-state index in [1.807, 2.05) is 0 Å². The first-order valence-corrected chi connectivity index (χ1v) is 5.19. The first-order chi connectivity index (χ1) is 8.08. The minimum absolute atomic E-state index is 0.0413. The maximum atomic E-state index is 10.8. The number of rotatable bonds is 6. The van der Waals surface area contributed by atoms with E-state index in [9.17, 15) is 10.1 Å². The molecular formula is C10H13ClN2O4. The smallest absolute Gasteiger partial charge is 0.292 e. The second-order valence-corrected chi connectivity index (χ2v) is 3.64. The topological polar surface area (TPSA) is 73.6 Å². The summed E-state index contributed by atoms with van der Waals surface area (Å²) >= 11 is 5.78. The lowest BCUT2D eigenvalue weighted by Gasteiger charge is -2.14. The average molecular weight is 261 g/mol. The molecule has 7 heteroatoms. The van der Waals surface area contributed by atoms with Crippen LogP contribution in [0, 0.1) is 10.1 Å². The largest absolute Gasteiger partial charge is 0.374 e. The van der Waals surface area contributed by atoms with Crippen molar-refractivity contribution in [2.75, 3.05) is 26.1 Å². The van der Waals surface area contributed by atoms with E-state index >= 15 is 0 Å². The van der Waals surface area contributed by atoms with E-state index < -0.39 is 11.2 Å². The van der Waals surface area contributed by atoms with Crippen LogP contribution in [-0.4, -0.2) is 32.0 Å². The molecule has 0 saturated heterocycles. The maximum absolute atomic E-state index is 10.8. The van der Waals surface area contributed by atoms with Gasteiger partial charge >= 0.3 is 0 Å². The minimum atomic E-state index is -0.479. The number of ether oxygens (including phenoxy) is 2. The highest BCUT2D eigenvalue weighted by Crippen LogP contribution is 2.27. The highest BCUT2D eigenvalue weighted by atomic mass is 35.5. The van der Waals surface area contributed by atoms with Gasteiger partial charge in [0.2, 0.25) is 0 Å². The Morgan fingerprint density at radius 1 is 1.47 bits per heavy atom. The number of hydrogen-bond donors (Lipinski definition) is 1. The van der Waals surface area contributed by atoms with Crippen molar-refractivity contribution in [3.05, 3.63) is 33.3 Å². The van der Waals surface area contributed by atoms with E-state index in [0.717, 1.165) is 0 Å². The van der Waals surface area contributed by atoms with Crippen LogP contribution in [0.15, 0.2) is 18.2 Å². The number of nitrogens with zero attached hydrogens (tertiary/aromatic N) is 1. The lowest BCUT2D eigenvalue weighted by atomic mass is 10.2. The number of methoxy groups -OCH3 is 2. The summed E-state index contributed by atoms with van der Waals surface area (Å²) in [4.78, 5) is 10.3. The van der Waals surface area contributed by atoms with Gasteiger partial charge in [-0.05, 0) is 12.1 Å². The Hall–Kier alpha value is -1.37. The molecule has 1 N–H and O–H groups in total. The number of anilines is 1. The molecular weight excluding hydrogens is 248 g/mol. The number of hydrogen-bond acceptors (Lipinski definition) is 5. The van der Waals surface area contributed by atoms with Gasteiger partial charge < -0.3 is 14.8 Å². The van der Waals surface area contributed by atoms with Gasteiger partial charge in [-0.15, -0.1) is 0 Å². The zero-order chi connectivity index (χ0) is 12.8. The molecule has 0 spiro atoms. The second kappa shape index (κ2) is 6.39. The summed E-state index contributed by atoms with van der Waals surface area (Å²) in [7, 11) is 2.98. The summed E-state index contributed by atoms with van der Waals surface area (Å²) < 4.78 is 9.93. The standard InChI is InChI=1S/C10H13ClN2O4/c1-16-10(17-2)6-12-8-5-7(11)3-4-9(8)13(14)15/h3-5,10,12H,6H2,1-2H3. The SMILES string of the molecule is COC(CNc1cc(Cl)ccc1[N+](=O)[O-])OC. The number of nitro groups is 1. The van der Waals surface area contributed by atoms with Gasteiger partial charge in [-0.1, -0.05) is 11.6 Å². The van der Waals surface area contributed by atoms with Gasteiger partial charge in [0.25, 0.3) is 5.69 Å². The third kappa shape index (κ3) is 3.85. The summed E-state index contributed by atoms with van der Waals surface area (Å²) in [6.07, 6.45) is -0.478. The molecule has 0 bridgehead atoms. The first-order valence-electron chi connectivity index (χ1n) is 4.82. The lowest BCUT2D eigenvalue weighted by Crippen LogP contribution is -2.23. The molecule has 0 aliphatic rings. The molecule has 0 radical (unpaired) electrons. The van der Waals surface area contributed by atoms with E-state index in [0.29, 0.717) is 10.7 Å². The molecule has 0 atom stereocenters. The Morgan fingerprint density at radius 3 is 2.65 bits per heavy atom. The first kappa shape index (κ1) is 13.7. The third-order valence-corrected chi connectivity index (χ3v) is 2.38. The fourth-order valence-electron chi connectivity index (χ4n) is 1.27. The van der Waals surface area contributed by atoms with Crippen LogP contribution in [0.3, 0.4) is 0 Å². The fourth-order valence-corrected chi connectivity index (χ4v) is 1.44. The molecule has 0 heterocycles. The molecule has 0 amide bonds. The monoisotopic (exact) mass is 260 g/mol. The Labute approximate surface area is 104 Å². The van der Waals surface area contributed by atoms with Crippen molar-refractivity contribution in [3.63, 3.8) is 0 Å². The summed E-state index contributed by atoms with van der Waals surface area (Å²) in [6.45, 7) is 0.286. The number of halogens is 1. The van der Waals surface area contributed by atoms with E-state index in [2.05, 4.69) is 5.32 Å². The van der Waals surface area contributed by atoms with Gasteiger partial charge in [0, 0.05) is 25.3 Å². The van der Waals surface area contributed by atoms with Crippen LogP contribution in [0.1, 0.15) is 0 Å². The van der Waals surface area contributed by atoms with Gasteiger partial charge in [0.15, 0.2) is 6.29 Å². The van der Waals surface area contributed by atoms with Crippen LogP contribution in [0.25, 0.3) is 0 Å². The van der Waals surface area contributed by atoms with Crippen LogP contribution in [0.2, 0.25) is 5.02 Å². The summed E-state index contributed by atoms with van der Waals surface area (Å²) in [6, 6.07) is 4.30. The summed E-state index contributed by atoms with van der Waals surface area (Å²) in [5, 5.41) is 14.1. The Kier molecular flexibility index (Phi) is 5.14. The van der Waals surface area contributed by atoms with Crippen molar-refractivity contribution in [3.8, 4) is 0 Å². The molecule has 1 rings (SSSR count). The van der Waals surface area contributed by atoms with E-state index in [1.165, 1.54) is 32.4 Å². The van der Waals surface area contributed by atoms with E-state index in [1.54, 1.807) is 0 Å². The molecule has 0 fully saturated rings. The zero-order valence-corrected chi connectivity index (χ0v) is 10.2. The predicted molar refractivity (Wildman–Crippen MR) is 64.4 cm³/mol. The summed E-state index contributed by atoms with van der Waals surface area (Å²) in [5.41, 5.74) is 0.293. The highest BCUT2D eigenvalue weighted by Gasteiger charge is 2.15. The number of nitrogens with one attached hydrogen (secondary N) is 1. The third-order valence-electron chi connectivity index (χ3n) is 2.14. The Balaban J connectivity index is 2.81. The molecule has 0 saturated carbocycles. The second-order valence-electron chi connectivity index (χ2n) is 3.20. The minimum Gasteiger partial charge on any atom is -0.374 e. The molecule has 0 aliphatic carbocycles. The molecule has 0 aliphatic heterocycles. The van der Waals surface area contributed by atoms with Crippen molar-refractivity contribution in [2.45, 2.75) is 6.29 Å².